The highest BCUT2D eigenvalue weighted by Gasteiger charge is 2.09. The summed E-state index contributed by atoms with van der Waals surface area (Å²) in [5, 5.41) is 6.17. The Hall–Kier alpha value is -3.22. The molecule has 7 heteroatoms. The van der Waals surface area contributed by atoms with Crippen LogP contribution in [0.2, 0.25) is 0 Å². The summed E-state index contributed by atoms with van der Waals surface area (Å²) < 4.78 is 10.7. The van der Waals surface area contributed by atoms with E-state index in [1.807, 2.05) is 63.4 Å². The van der Waals surface area contributed by atoms with Gasteiger partial charge in [-0.15, -0.1) is 0 Å². The highest BCUT2D eigenvalue weighted by atomic mass is 16.5. The van der Waals surface area contributed by atoms with Crippen LogP contribution >= 0.6 is 0 Å². The summed E-state index contributed by atoms with van der Waals surface area (Å²) in [5.41, 5.74) is 2.81. The van der Waals surface area contributed by atoms with E-state index in [-0.39, 0.29) is 5.91 Å². The van der Waals surface area contributed by atoms with Gasteiger partial charge in [0.25, 0.3) is 5.91 Å². The number of carbonyl (C=O) groups is 1. The van der Waals surface area contributed by atoms with Crippen molar-refractivity contribution in [1.82, 2.24) is 15.5 Å². The third-order valence-electron chi connectivity index (χ3n) is 4.82. The molecule has 2 aromatic carbocycles. The number of aliphatic imine (C=N–C) groups is 1. The summed E-state index contributed by atoms with van der Waals surface area (Å²) in [7, 11) is 5.30. The van der Waals surface area contributed by atoms with E-state index in [9.17, 15) is 4.79 Å². The predicted molar refractivity (Wildman–Crippen MR) is 125 cm³/mol. The highest BCUT2D eigenvalue weighted by molar-refractivity contribution is 5.94. The average molecular weight is 427 g/mol. The third-order valence-corrected chi connectivity index (χ3v) is 4.82. The van der Waals surface area contributed by atoms with Crippen LogP contribution in [-0.4, -0.2) is 57.7 Å². The van der Waals surface area contributed by atoms with Crippen molar-refractivity contribution in [3.63, 3.8) is 0 Å². The van der Waals surface area contributed by atoms with Crippen molar-refractivity contribution in [3.05, 3.63) is 59.2 Å². The molecule has 0 saturated carbocycles. The minimum absolute atomic E-state index is 0.0627. The summed E-state index contributed by atoms with van der Waals surface area (Å²) >= 11 is 0. The van der Waals surface area contributed by atoms with E-state index in [2.05, 4.69) is 15.5 Å². The largest absolute Gasteiger partial charge is 0.493 e. The zero-order chi connectivity index (χ0) is 22.6. The number of benzene rings is 2. The van der Waals surface area contributed by atoms with Crippen molar-refractivity contribution in [2.45, 2.75) is 26.8 Å². The number of carbonyl (C=O) groups excluding carboxylic acids is 1. The average Bonchev–Trinajstić information content (AvgIpc) is 2.80. The van der Waals surface area contributed by atoms with Crippen LogP contribution in [0.1, 0.15) is 35.3 Å². The molecule has 0 atom stereocenters. The van der Waals surface area contributed by atoms with Gasteiger partial charge in [0.05, 0.1) is 20.8 Å². The normalized spacial score (nSPS) is 11.1. The van der Waals surface area contributed by atoms with Crippen LogP contribution in [0.3, 0.4) is 0 Å². The Kier molecular flexibility index (Phi) is 9.68. The van der Waals surface area contributed by atoms with Gasteiger partial charge < -0.3 is 25.0 Å². The van der Waals surface area contributed by atoms with Gasteiger partial charge in [-0.2, -0.15) is 0 Å². The number of rotatable bonds is 10. The fourth-order valence-electron chi connectivity index (χ4n) is 3.15. The van der Waals surface area contributed by atoms with Crippen molar-refractivity contribution in [2.75, 3.05) is 40.9 Å². The lowest BCUT2D eigenvalue weighted by Crippen LogP contribution is -2.39. The topological polar surface area (TPSA) is 75.2 Å². The van der Waals surface area contributed by atoms with Gasteiger partial charge in [-0.25, -0.2) is 4.99 Å². The van der Waals surface area contributed by atoms with E-state index in [4.69, 9.17) is 14.5 Å². The summed E-state index contributed by atoms with van der Waals surface area (Å²) in [4.78, 5) is 18.9. The molecule has 0 bridgehead atoms. The Bertz CT molecular complexity index is 883. The first kappa shape index (κ1) is 24.1. The zero-order valence-electron chi connectivity index (χ0n) is 19.2. The first-order valence-corrected chi connectivity index (χ1v) is 10.6. The maximum Gasteiger partial charge on any atom is 0.251 e. The summed E-state index contributed by atoms with van der Waals surface area (Å²) in [5.74, 6) is 2.22. The summed E-state index contributed by atoms with van der Waals surface area (Å²) in [6, 6.07) is 13.6. The monoisotopic (exact) mass is 426 g/mol. The fraction of sp³-hybridized carbons (Fsp3) is 0.417. The van der Waals surface area contributed by atoms with Crippen LogP contribution in [-0.2, 0) is 13.0 Å². The summed E-state index contributed by atoms with van der Waals surface area (Å²) in [6.45, 7) is 6.63. The minimum atomic E-state index is -0.0627. The number of hydrogen-bond donors (Lipinski definition) is 2. The van der Waals surface area contributed by atoms with Crippen LogP contribution in [0.15, 0.2) is 47.5 Å². The van der Waals surface area contributed by atoms with E-state index in [0.29, 0.717) is 18.7 Å². The van der Waals surface area contributed by atoms with Crippen molar-refractivity contribution in [1.29, 1.82) is 0 Å². The first-order chi connectivity index (χ1) is 15.0. The lowest BCUT2D eigenvalue weighted by Gasteiger charge is -2.22. The quantitative estimate of drug-likeness (QED) is 0.451. The van der Waals surface area contributed by atoms with E-state index in [1.165, 1.54) is 0 Å². The second-order valence-corrected chi connectivity index (χ2v) is 7.09. The molecule has 7 nitrogen and oxygen atoms in total. The molecular formula is C24H34N4O3. The minimum Gasteiger partial charge on any atom is -0.493 e. The van der Waals surface area contributed by atoms with Crippen LogP contribution in [0.25, 0.3) is 0 Å². The molecule has 0 radical (unpaired) electrons. The molecule has 31 heavy (non-hydrogen) atoms. The van der Waals surface area contributed by atoms with Gasteiger partial charge in [-0.3, -0.25) is 4.79 Å². The lowest BCUT2D eigenvalue weighted by atomic mass is 10.1. The molecule has 0 saturated heterocycles. The predicted octanol–water partition coefficient (Wildman–Crippen LogP) is 3.09. The van der Waals surface area contributed by atoms with Crippen molar-refractivity contribution >= 4 is 11.9 Å². The van der Waals surface area contributed by atoms with Crippen LogP contribution in [0.4, 0.5) is 0 Å². The molecule has 0 aromatic heterocycles. The Labute approximate surface area is 185 Å². The van der Waals surface area contributed by atoms with E-state index < -0.39 is 0 Å². The zero-order valence-corrected chi connectivity index (χ0v) is 19.2. The second kappa shape index (κ2) is 12.5. The van der Waals surface area contributed by atoms with Crippen molar-refractivity contribution in [3.8, 4) is 11.5 Å². The van der Waals surface area contributed by atoms with E-state index in [1.54, 1.807) is 14.2 Å². The Morgan fingerprint density at radius 1 is 0.968 bits per heavy atom. The SMILES string of the molecule is CCNC(=O)c1cccc(CN=C(NCC)N(C)CCc2ccc(OC)c(OC)c2)c1. The fourth-order valence-corrected chi connectivity index (χ4v) is 3.15. The Balaban J connectivity index is 2.05. The number of nitrogens with one attached hydrogen (secondary N) is 2. The van der Waals surface area contributed by atoms with Crippen LogP contribution < -0.4 is 20.1 Å². The third kappa shape index (κ3) is 7.20. The van der Waals surface area contributed by atoms with Crippen molar-refractivity contribution < 1.29 is 14.3 Å². The van der Waals surface area contributed by atoms with Crippen LogP contribution in [0.5, 0.6) is 11.5 Å². The molecule has 0 unspecified atom stereocenters. The van der Waals surface area contributed by atoms with Gasteiger partial charge in [0.15, 0.2) is 17.5 Å². The first-order valence-electron chi connectivity index (χ1n) is 10.6. The van der Waals surface area contributed by atoms with Gasteiger partial charge in [0, 0.05) is 32.2 Å². The molecule has 0 heterocycles. The van der Waals surface area contributed by atoms with E-state index >= 15 is 0 Å². The molecule has 0 spiro atoms. The smallest absolute Gasteiger partial charge is 0.251 e. The molecule has 0 aliphatic carbocycles. The highest BCUT2D eigenvalue weighted by Crippen LogP contribution is 2.27. The number of nitrogens with zero attached hydrogens (tertiary/aromatic N) is 2. The molecular weight excluding hydrogens is 392 g/mol. The van der Waals surface area contributed by atoms with Gasteiger partial charge in [-0.1, -0.05) is 18.2 Å². The van der Waals surface area contributed by atoms with Crippen LogP contribution in [0, 0.1) is 0 Å². The summed E-state index contributed by atoms with van der Waals surface area (Å²) in [6.07, 6.45) is 0.841. The van der Waals surface area contributed by atoms with Gasteiger partial charge >= 0.3 is 0 Å². The van der Waals surface area contributed by atoms with Gasteiger partial charge in [0.2, 0.25) is 0 Å². The van der Waals surface area contributed by atoms with Gasteiger partial charge in [0.1, 0.15) is 0 Å². The number of hydrogen-bond acceptors (Lipinski definition) is 4. The van der Waals surface area contributed by atoms with Crippen molar-refractivity contribution in [2.24, 2.45) is 4.99 Å². The lowest BCUT2D eigenvalue weighted by molar-refractivity contribution is 0.0955. The number of amides is 1. The second-order valence-electron chi connectivity index (χ2n) is 7.09. The number of guanidine groups is 1. The molecule has 2 rings (SSSR count). The Morgan fingerprint density at radius 3 is 2.39 bits per heavy atom. The number of likely N-dealkylation sites (N-methyl/N-ethyl adjacent to an activating group) is 1. The molecule has 0 aliphatic rings. The van der Waals surface area contributed by atoms with E-state index in [0.717, 1.165) is 48.1 Å². The molecule has 0 fully saturated rings. The molecule has 2 aromatic rings. The standard InChI is InChI=1S/C24H34N4O3/c1-6-25-23(29)20-10-8-9-19(15-20)17-27-24(26-7-2)28(3)14-13-18-11-12-21(30-4)22(16-18)31-5/h8-12,15-16H,6-7,13-14,17H2,1-5H3,(H,25,29)(H,26,27). The Morgan fingerprint density at radius 2 is 1.71 bits per heavy atom. The molecule has 168 valence electrons. The maximum atomic E-state index is 12.1. The maximum absolute atomic E-state index is 12.1. The molecule has 0 aliphatic heterocycles. The number of ether oxygens (including phenoxy) is 2. The number of methoxy groups -OCH3 is 2. The molecule has 2 N–H and O–H groups in total. The van der Waals surface area contributed by atoms with Gasteiger partial charge in [-0.05, 0) is 55.7 Å². The molecule has 1 amide bonds.